The van der Waals surface area contributed by atoms with Gasteiger partial charge >= 0.3 is 0 Å². The number of hydrogen-bond donors (Lipinski definition) is 2. The molecule has 1 aliphatic rings. The number of amides is 1. The Labute approximate surface area is 177 Å². The second-order valence-electron chi connectivity index (χ2n) is 6.94. The van der Waals surface area contributed by atoms with Crippen molar-refractivity contribution >= 4 is 23.1 Å². The molecular formula is C24H18FNO5. The standard InChI is InChI=1S/C24H18FNO5/c1-31-19-11-10-15(25)13-18(19)22(28)20-21(14-6-5-9-17(27)12-14)26(24(30)23(20)29)16-7-3-2-4-8-16/h2-13,21,27-28H,1H3/b22-20+. The van der Waals surface area contributed by atoms with Crippen molar-refractivity contribution < 1.29 is 28.9 Å². The molecule has 1 heterocycles. The molecular weight excluding hydrogens is 401 g/mol. The number of aliphatic hydroxyl groups is 1. The number of aromatic hydroxyl groups is 1. The Bertz CT molecular complexity index is 1210. The van der Waals surface area contributed by atoms with Gasteiger partial charge in [0.2, 0.25) is 0 Å². The van der Waals surface area contributed by atoms with E-state index in [0.29, 0.717) is 11.3 Å². The predicted octanol–water partition coefficient (Wildman–Crippen LogP) is 4.17. The van der Waals surface area contributed by atoms with E-state index in [1.54, 1.807) is 42.5 Å². The first-order valence-corrected chi connectivity index (χ1v) is 9.41. The van der Waals surface area contributed by atoms with Gasteiger partial charge in [0.25, 0.3) is 11.7 Å². The number of anilines is 1. The number of Topliss-reactive ketones (excluding diaryl/α,β-unsaturated/α-hetero) is 1. The van der Waals surface area contributed by atoms with Gasteiger partial charge in [-0.3, -0.25) is 14.5 Å². The van der Waals surface area contributed by atoms with Gasteiger partial charge in [-0.1, -0.05) is 30.3 Å². The minimum atomic E-state index is -1.04. The maximum atomic E-state index is 13.9. The van der Waals surface area contributed by atoms with E-state index < -0.39 is 29.3 Å². The van der Waals surface area contributed by atoms with Gasteiger partial charge in [-0.05, 0) is 48.0 Å². The van der Waals surface area contributed by atoms with Crippen LogP contribution in [0.3, 0.4) is 0 Å². The zero-order valence-corrected chi connectivity index (χ0v) is 16.4. The van der Waals surface area contributed by atoms with Gasteiger partial charge in [0.15, 0.2) is 0 Å². The van der Waals surface area contributed by atoms with Crippen molar-refractivity contribution in [1.29, 1.82) is 0 Å². The van der Waals surface area contributed by atoms with Gasteiger partial charge in [0, 0.05) is 5.69 Å². The number of ketones is 1. The van der Waals surface area contributed by atoms with Gasteiger partial charge in [-0.15, -0.1) is 0 Å². The lowest BCUT2D eigenvalue weighted by Gasteiger charge is -2.25. The topological polar surface area (TPSA) is 87.1 Å². The molecule has 1 amide bonds. The van der Waals surface area contributed by atoms with Crippen LogP contribution in [0, 0.1) is 5.82 Å². The average molecular weight is 419 g/mol. The van der Waals surface area contributed by atoms with Crippen LogP contribution in [0.4, 0.5) is 10.1 Å². The number of methoxy groups -OCH3 is 1. The van der Waals surface area contributed by atoms with Gasteiger partial charge in [-0.2, -0.15) is 0 Å². The lowest BCUT2D eigenvalue weighted by Crippen LogP contribution is -2.29. The Morgan fingerprint density at radius 2 is 1.74 bits per heavy atom. The number of phenolic OH excluding ortho intramolecular Hbond substituents is 1. The molecule has 0 aromatic heterocycles. The highest BCUT2D eigenvalue weighted by molar-refractivity contribution is 6.51. The van der Waals surface area contributed by atoms with E-state index >= 15 is 0 Å². The fourth-order valence-corrected chi connectivity index (χ4v) is 3.71. The van der Waals surface area contributed by atoms with Crippen molar-refractivity contribution in [1.82, 2.24) is 0 Å². The van der Waals surface area contributed by atoms with Crippen molar-refractivity contribution in [3.63, 3.8) is 0 Å². The molecule has 1 aliphatic heterocycles. The molecule has 0 saturated carbocycles. The highest BCUT2D eigenvalue weighted by Crippen LogP contribution is 2.43. The number of rotatable bonds is 4. The number of nitrogens with zero attached hydrogens (tertiary/aromatic N) is 1. The van der Waals surface area contributed by atoms with Crippen LogP contribution in [-0.2, 0) is 9.59 Å². The third-order valence-electron chi connectivity index (χ3n) is 5.08. The van der Waals surface area contributed by atoms with Crippen molar-refractivity contribution in [2.75, 3.05) is 12.0 Å². The van der Waals surface area contributed by atoms with Crippen molar-refractivity contribution in [3.8, 4) is 11.5 Å². The zero-order valence-electron chi connectivity index (χ0n) is 16.4. The van der Waals surface area contributed by atoms with E-state index in [4.69, 9.17) is 4.74 Å². The second kappa shape index (κ2) is 7.95. The van der Waals surface area contributed by atoms with Crippen LogP contribution in [0.2, 0.25) is 0 Å². The maximum Gasteiger partial charge on any atom is 0.300 e. The normalized spacial score (nSPS) is 17.7. The molecule has 3 aromatic carbocycles. The largest absolute Gasteiger partial charge is 0.508 e. The molecule has 7 heteroatoms. The Morgan fingerprint density at radius 3 is 2.42 bits per heavy atom. The molecule has 31 heavy (non-hydrogen) atoms. The Balaban J connectivity index is 2.00. The van der Waals surface area contributed by atoms with Crippen molar-refractivity contribution in [2.24, 2.45) is 0 Å². The summed E-state index contributed by atoms with van der Waals surface area (Å²) in [4.78, 5) is 27.3. The summed E-state index contributed by atoms with van der Waals surface area (Å²) in [5, 5.41) is 21.1. The smallest absolute Gasteiger partial charge is 0.300 e. The molecule has 0 aliphatic carbocycles. The number of hydrogen-bond acceptors (Lipinski definition) is 5. The summed E-state index contributed by atoms with van der Waals surface area (Å²) in [5.74, 6) is -2.92. The number of ether oxygens (including phenoxy) is 1. The first-order chi connectivity index (χ1) is 14.9. The van der Waals surface area contributed by atoms with E-state index in [2.05, 4.69) is 0 Å². The lowest BCUT2D eigenvalue weighted by molar-refractivity contribution is -0.132. The van der Waals surface area contributed by atoms with Crippen molar-refractivity contribution in [3.05, 3.63) is 95.3 Å². The molecule has 0 radical (unpaired) electrons. The third kappa shape index (κ3) is 3.50. The van der Waals surface area contributed by atoms with Gasteiger partial charge < -0.3 is 14.9 Å². The van der Waals surface area contributed by atoms with Crippen LogP contribution < -0.4 is 9.64 Å². The van der Waals surface area contributed by atoms with E-state index in [9.17, 15) is 24.2 Å². The lowest BCUT2D eigenvalue weighted by atomic mass is 9.94. The van der Waals surface area contributed by atoms with Gasteiger partial charge in [0.1, 0.15) is 23.1 Å². The molecule has 0 spiro atoms. The minimum absolute atomic E-state index is 0.0567. The van der Waals surface area contributed by atoms with Crippen LogP contribution in [0.1, 0.15) is 17.2 Å². The second-order valence-corrected chi connectivity index (χ2v) is 6.94. The number of phenols is 1. The van der Waals surface area contributed by atoms with E-state index in [-0.39, 0.29) is 22.6 Å². The maximum absolute atomic E-state index is 13.9. The monoisotopic (exact) mass is 419 g/mol. The molecule has 1 unspecified atom stereocenters. The number of para-hydroxylation sites is 1. The van der Waals surface area contributed by atoms with E-state index in [1.807, 2.05) is 0 Å². The van der Waals surface area contributed by atoms with E-state index in [0.717, 1.165) is 12.1 Å². The van der Waals surface area contributed by atoms with Crippen LogP contribution in [0.5, 0.6) is 11.5 Å². The van der Waals surface area contributed by atoms with Gasteiger partial charge in [-0.25, -0.2) is 4.39 Å². The average Bonchev–Trinajstić information content (AvgIpc) is 3.04. The first kappa shape index (κ1) is 20.2. The minimum Gasteiger partial charge on any atom is -0.508 e. The molecule has 1 fully saturated rings. The quantitative estimate of drug-likeness (QED) is 0.377. The van der Waals surface area contributed by atoms with E-state index in [1.165, 1.54) is 30.2 Å². The summed E-state index contributed by atoms with van der Waals surface area (Å²) in [5.41, 5.74) is 0.547. The Morgan fingerprint density at radius 1 is 1.00 bits per heavy atom. The number of carbonyl (C=O) groups excluding carboxylic acids is 2. The summed E-state index contributed by atoms with van der Waals surface area (Å²) in [6.45, 7) is 0. The summed E-state index contributed by atoms with van der Waals surface area (Å²) in [6.07, 6.45) is 0. The molecule has 1 atom stereocenters. The summed E-state index contributed by atoms with van der Waals surface area (Å²) in [6, 6.07) is 17.0. The summed E-state index contributed by atoms with van der Waals surface area (Å²) < 4.78 is 19.1. The number of carbonyl (C=O) groups is 2. The van der Waals surface area contributed by atoms with Gasteiger partial charge in [0.05, 0.1) is 24.3 Å². The Hall–Kier alpha value is -4.13. The molecule has 156 valence electrons. The SMILES string of the molecule is COc1ccc(F)cc1/C(O)=C1\C(=O)C(=O)N(c2ccccc2)C1c1cccc(O)c1. The van der Waals surface area contributed by atoms with Crippen LogP contribution in [-0.4, -0.2) is 29.0 Å². The molecule has 0 bridgehead atoms. The Kier molecular flexibility index (Phi) is 5.17. The van der Waals surface area contributed by atoms with Crippen LogP contribution in [0.15, 0.2) is 78.4 Å². The molecule has 4 rings (SSSR count). The predicted molar refractivity (Wildman–Crippen MR) is 112 cm³/mol. The fraction of sp³-hybridized carbons (Fsp3) is 0.0833. The van der Waals surface area contributed by atoms with Crippen LogP contribution >= 0.6 is 0 Å². The first-order valence-electron chi connectivity index (χ1n) is 9.41. The fourth-order valence-electron chi connectivity index (χ4n) is 3.71. The van der Waals surface area contributed by atoms with Crippen LogP contribution in [0.25, 0.3) is 5.76 Å². The summed E-state index contributed by atoms with van der Waals surface area (Å²) >= 11 is 0. The number of benzene rings is 3. The molecule has 3 aromatic rings. The van der Waals surface area contributed by atoms with Crippen molar-refractivity contribution in [2.45, 2.75) is 6.04 Å². The third-order valence-corrected chi connectivity index (χ3v) is 5.08. The number of aliphatic hydroxyl groups excluding tert-OH is 1. The zero-order chi connectivity index (χ0) is 22.1. The summed E-state index contributed by atoms with van der Waals surface area (Å²) in [7, 11) is 1.35. The number of halogens is 1. The molecule has 1 saturated heterocycles. The molecule has 6 nitrogen and oxygen atoms in total. The molecule has 2 N–H and O–H groups in total. The highest BCUT2D eigenvalue weighted by atomic mass is 19.1. The highest BCUT2D eigenvalue weighted by Gasteiger charge is 2.47.